The van der Waals surface area contributed by atoms with Crippen molar-refractivity contribution in [2.75, 3.05) is 26.4 Å². The van der Waals surface area contributed by atoms with Gasteiger partial charge in [-0.15, -0.1) is 0 Å². The van der Waals surface area contributed by atoms with E-state index in [0.29, 0.717) is 42.9 Å². The number of hydrogen-bond acceptors (Lipinski definition) is 19. The molecule has 0 aromatic carbocycles. The van der Waals surface area contributed by atoms with E-state index in [9.17, 15) is 61.3 Å². The van der Waals surface area contributed by atoms with Crippen molar-refractivity contribution in [2.24, 2.45) is 52.3 Å². The molecule has 4 aliphatic carbocycles. The Kier molecular flexibility index (Phi) is 14.9. The molecule has 4 saturated carbocycles. The van der Waals surface area contributed by atoms with Crippen LogP contribution in [0.4, 0.5) is 0 Å². The molecule has 8 rings (SSSR count). The minimum atomic E-state index is -1.75. The van der Waals surface area contributed by atoms with Crippen molar-refractivity contribution in [2.45, 2.75) is 202 Å². The van der Waals surface area contributed by atoms with Crippen molar-refractivity contribution < 1.29 is 94.4 Å². The van der Waals surface area contributed by atoms with E-state index in [-0.39, 0.29) is 47.4 Å². The van der Waals surface area contributed by atoms with Crippen LogP contribution in [0.15, 0.2) is 0 Å². The van der Waals surface area contributed by atoms with Crippen LogP contribution >= 0.6 is 0 Å². The first kappa shape index (κ1) is 49.7. The number of ether oxygens (including phenoxy) is 7. The molecule has 27 atom stereocenters. The molecule has 8 fully saturated rings. The Hall–Kier alpha value is -0.760. The first-order valence-corrected chi connectivity index (χ1v) is 23.9. The largest absolute Gasteiger partial charge is 0.394 e. The van der Waals surface area contributed by atoms with Crippen molar-refractivity contribution >= 4 is 0 Å². The first-order valence-electron chi connectivity index (χ1n) is 23.9. The predicted molar refractivity (Wildman–Crippen MR) is 219 cm³/mol. The number of rotatable bonds is 13. The highest BCUT2D eigenvalue weighted by Crippen LogP contribution is 2.71. The molecule has 0 aromatic rings. The summed E-state index contributed by atoms with van der Waals surface area (Å²) in [6, 6.07) is 0. The highest BCUT2D eigenvalue weighted by Gasteiger charge is 2.68. The van der Waals surface area contributed by atoms with Crippen LogP contribution in [0.25, 0.3) is 0 Å². The molecule has 0 aromatic heterocycles. The summed E-state index contributed by atoms with van der Waals surface area (Å²) in [5.74, 6) is 0.532. The lowest BCUT2D eigenvalue weighted by atomic mass is 9.44. The van der Waals surface area contributed by atoms with E-state index in [1.807, 2.05) is 6.92 Å². The molecular formula is C45H76O19. The van der Waals surface area contributed by atoms with Crippen molar-refractivity contribution in [1.82, 2.24) is 0 Å². The van der Waals surface area contributed by atoms with Crippen molar-refractivity contribution in [1.29, 1.82) is 0 Å². The summed E-state index contributed by atoms with van der Waals surface area (Å²) in [5, 5.41) is 125. The van der Waals surface area contributed by atoms with E-state index in [0.717, 1.165) is 44.9 Å². The van der Waals surface area contributed by atoms with E-state index < -0.39 is 118 Å². The maximum Gasteiger partial charge on any atom is 0.187 e. The molecule has 0 radical (unpaired) electrons. The molecular weight excluding hydrogens is 844 g/mol. The average molecular weight is 921 g/mol. The van der Waals surface area contributed by atoms with Crippen molar-refractivity contribution in [3.8, 4) is 0 Å². The quantitative estimate of drug-likeness (QED) is 0.0909. The Bertz CT molecular complexity index is 1560. The van der Waals surface area contributed by atoms with Crippen LogP contribution < -0.4 is 0 Å². The van der Waals surface area contributed by atoms with Gasteiger partial charge >= 0.3 is 0 Å². The molecule has 0 bridgehead atoms. The van der Waals surface area contributed by atoms with E-state index >= 15 is 0 Å². The van der Waals surface area contributed by atoms with Crippen LogP contribution in [0.2, 0.25) is 0 Å². The Balaban J connectivity index is 0.869. The molecule has 19 heteroatoms. The van der Waals surface area contributed by atoms with E-state index in [1.165, 1.54) is 0 Å². The Labute approximate surface area is 374 Å². The third-order valence-corrected chi connectivity index (χ3v) is 18.0. The summed E-state index contributed by atoms with van der Waals surface area (Å²) in [4.78, 5) is 0. The van der Waals surface area contributed by atoms with Gasteiger partial charge in [0.15, 0.2) is 24.7 Å². The maximum atomic E-state index is 12.1. The summed E-state index contributed by atoms with van der Waals surface area (Å²) in [5.41, 5.74) is 0.0475. The van der Waals surface area contributed by atoms with Crippen LogP contribution in [-0.2, 0) is 33.2 Å². The topological polar surface area (TPSA) is 307 Å². The van der Waals surface area contributed by atoms with Gasteiger partial charge in [-0.05, 0) is 104 Å². The smallest absolute Gasteiger partial charge is 0.187 e. The second-order valence-corrected chi connectivity index (χ2v) is 21.5. The minimum Gasteiger partial charge on any atom is -0.394 e. The third-order valence-electron chi connectivity index (χ3n) is 18.0. The zero-order valence-corrected chi connectivity index (χ0v) is 37.5. The molecule has 0 amide bonds. The van der Waals surface area contributed by atoms with Gasteiger partial charge in [-0.3, -0.25) is 0 Å². The zero-order valence-electron chi connectivity index (χ0n) is 37.5. The monoisotopic (exact) mass is 920 g/mol. The Morgan fingerprint density at radius 2 is 1.20 bits per heavy atom. The predicted octanol–water partition coefficient (Wildman–Crippen LogP) is -1.78. The van der Waals surface area contributed by atoms with Crippen molar-refractivity contribution in [3.05, 3.63) is 0 Å². The van der Waals surface area contributed by atoms with E-state index in [2.05, 4.69) is 20.8 Å². The second-order valence-electron chi connectivity index (χ2n) is 21.5. The molecule has 4 aliphatic heterocycles. The number of aliphatic hydroxyl groups excluding tert-OH is 11. The number of hydrogen-bond donors (Lipinski definition) is 12. The normalized spacial score (nSPS) is 55.6. The molecule has 12 N–H and O–H groups in total. The highest BCUT2D eigenvalue weighted by molar-refractivity contribution is 5.15. The molecule has 64 heavy (non-hydrogen) atoms. The summed E-state index contributed by atoms with van der Waals surface area (Å²) >= 11 is 0. The minimum absolute atomic E-state index is 0.00000712. The van der Waals surface area contributed by atoms with Crippen LogP contribution in [0, 0.1) is 52.3 Å². The fourth-order valence-corrected chi connectivity index (χ4v) is 14.2. The Morgan fingerprint density at radius 1 is 0.625 bits per heavy atom. The SMILES string of the molecule is C[C@@H](CC[C@@]1(O)O[C@H]2C[C@H]3[C@@H]4CC[C@@H]5C[C@@H](O[C@@H]6O[C@H](CO)[C@@H](O)[C@H](O)[C@H]6O[C@@H]6O[C@H](CO)[C@@H](O)[C@H](O)[C@H]6O)CC[C@]5(C)[C@H]4CC[C@]3(C)[C@H]2[C@@H]1C)CO[C@@H]1O[C@H](CO)[C@@H](O)[C@H](O)[C@H]1O. The first-order chi connectivity index (χ1) is 30.3. The third kappa shape index (κ3) is 8.65. The number of aliphatic hydroxyl groups is 12. The average Bonchev–Trinajstić information content (AvgIpc) is 3.71. The highest BCUT2D eigenvalue weighted by atomic mass is 16.8. The van der Waals surface area contributed by atoms with Gasteiger partial charge in [0.25, 0.3) is 0 Å². The summed E-state index contributed by atoms with van der Waals surface area (Å²) in [6.45, 7) is 7.28. The lowest BCUT2D eigenvalue weighted by Gasteiger charge is -2.61. The van der Waals surface area contributed by atoms with Crippen molar-refractivity contribution in [3.63, 3.8) is 0 Å². The molecule has 0 unspecified atom stereocenters. The van der Waals surface area contributed by atoms with Gasteiger partial charge in [0.2, 0.25) is 0 Å². The molecule has 8 aliphatic rings. The van der Waals surface area contributed by atoms with E-state index in [4.69, 9.17) is 33.2 Å². The molecule has 370 valence electrons. The van der Waals surface area contributed by atoms with Crippen LogP contribution in [0.3, 0.4) is 0 Å². The second kappa shape index (κ2) is 19.2. The molecule has 0 spiro atoms. The lowest BCUT2D eigenvalue weighted by molar-refractivity contribution is -0.373. The number of fused-ring (bicyclic) bond motifs is 7. The summed E-state index contributed by atoms with van der Waals surface area (Å²) in [7, 11) is 0. The molecule has 19 nitrogen and oxygen atoms in total. The van der Waals surface area contributed by atoms with Gasteiger partial charge in [0.05, 0.1) is 38.6 Å². The molecule has 4 heterocycles. The van der Waals surface area contributed by atoms with Crippen LogP contribution in [0.5, 0.6) is 0 Å². The zero-order chi connectivity index (χ0) is 46.2. The molecule has 4 saturated heterocycles. The lowest BCUT2D eigenvalue weighted by Crippen LogP contribution is -2.65. The van der Waals surface area contributed by atoms with Crippen LogP contribution in [0.1, 0.15) is 91.9 Å². The summed E-state index contributed by atoms with van der Waals surface area (Å²) < 4.78 is 42.0. The van der Waals surface area contributed by atoms with Crippen LogP contribution in [-0.4, -0.2) is 198 Å². The summed E-state index contributed by atoms with van der Waals surface area (Å²) in [6.07, 6.45) is -13.7. The van der Waals surface area contributed by atoms with Gasteiger partial charge in [0.1, 0.15) is 73.2 Å². The van der Waals surface area contributed by atoms with Gasteiger partial charge < -0.3 is 94.4 Å². The fraction of sp³-hybridized carbons (Fsp3) is 1.00. The Morgan fingerprint density at radius 3 is 1.84 bits per heavy atom. The van der Waals surface area contributed by atoms with Gasteiger partial charge in [-0.25, -0.2) is 0 Å². The van der Waals surface area contributed by atoms with E-state index in [1.54, 1.807) is 0 Å². The van der Waals surface area contributed by atoms with Gasteiger partial charge in [-0.1, -0.05) is 27.7 Å². The standard InChI is InChI=1S/C45H76O19/c1-19(18-58-40-37(55)34(52)31(49)27(15-46)60-40)7-12-45(57)20(2)30-26(64-45)14-25-23-6-5-21-13-22(8-10-43(21,3)24(23)9-11-44(25,30)4)59-42-39(36(54)33(51)29(17-48)62-42)63-41-38(56)35(53)32(50)28(16-47)61-41/h19-42,46-57H,5-18H2,1-4H3/t19-,20-,21+,22-,23+,24-,25-,26-,27+,28+,29+,30-,31+,32+,33+,34-,35-,36-,37+,38+,39+,40+,41-,42+,43-,44-,45+/m0/s1. The van der Waals surface area contributed by atoms with Gasteiger partial charge in [0, 0.05) is 12.3 Å². The fourth-order valence-electron chi connectivity index (χ4n) is 14.2. The maximum absolute atomic E-state index is 12.1. The van der Waals surface area contributed by atoms with Gasteiger partial charge in [-0.2, -0.15) is 0 Å².